The predicted octanol–water partition coefficient (Wildman–Crippen LogP) is 3.05. The highest BCUT2D eigenvalue weighted by atomic mass is 32.1. The summed E-state index contributed by atoms with van der Waals surface area (Å²) in [6, 6.07) is 4.44. The van der Waals surface area contributed by atoms with Crippen LogP contribution >= 0.6 is 11.3 Å². The van der Waals surface area contributed by atoms with E-state index < -0.39 is 0 Å². The maximum absolute atomic E-state index is 4.42. The van der Waals surface area contributed by atoms with Crippen molar-refractivity contribution in [3.05, 3.63) is 40.1 Å². The Morgan fingerprint density at radius 3 is 2.83 bits per heavy atom. The van der Waals surface area contributed by atoms with Gasteiger partial charge in [0, 0.05) is 22.5 Å². The molecule has 18 heavy (non-hydrogen) atoms. The van der Waals surface area contributed by atoms with Gasteiger partial charge in [-0.1, -0.05) is 13.8 Å². The van der Waals surface area contributed by atoms with Crippen LogP contribution in [0.25, 0.3) is 0 Å². The van der Waals surface area contributed by atoms with Crippen LogP contribution in [0, 0.1) is 0 Å². The second-order valence-electron chi connectivity index (χ2n) is 4.44. The van der Waals surface area contributed by atoms with Crippen LogP contribution in [0.5, 0.6) is 0 Å². The molecule has 2 heterocycles. The van der Waals surface area contributed by atoms with Crippen LogP contribution < -0.4 is 5.32 Å². The summed E-state index contributed by atoms with van der Waals surface area (Å²) in [7, 11) is 0. The first kappa shape index (κ1) is 13.3. The third-order valence-electron chi connectivity index (χ3n) is 2.82. The van der Waals surface area contributed by atoms with Gasteiger partial charge in [0.25, 0.3) is 0 Å². The minimum Gasteiger partial charge on any atom is -0.332 e. The Kier molecular flexibility index (Phi) is 4.96. The monoisotopic (exact) mass is 263 g/mol. The van der Waals surface area contributed by atoms with Gasteiger partial charge < -0.3 is 9.88 Å². The van der Waals surface area contributed by atoms with Crippen molar-refractivity contribution >= 4 is 11.3 Å². The van der Waals surface area contributed by atoms with Crippen LogP contribution in [-0.2, 0) is 19.5 Å². The Bertz CT molecular complexity index is 473. The van der Waals surface area contributed by atoms with E-state index in [2.05, 4.69) is 47.0 Å². The van der Waals surface area contributed by atoms with Gasteiger partial charge in [0.1, 0.15) is 0 Å². The second kappa shape index (κ2) is 6.71. The van der Waals surface area contributed by atoms with Crippen molar-refractivity contribution in [2.24, 2.45) is 0 Å². The molecule has 0 aromatic carbocycles. The van der Waals surface area contributed by atoms with E-state index in [9.17, 15) is 0 Å². The van der Waals surface area contributed by atoms with E-state index in [1.165, 1.54) is 9.75 Å². The number of aromatic nitrogens is 2. The molecule has 0 aliphatic rings. The molecule has 0 bridgehead atoms. The van der Waals surface area contributed by atoms with Gasteiger partial charge in [-0.05, 0) is 31.5 Å². The molecular weight excluding hydrogens is 242 g/mol. The summed E-state index contributed by atoms with van der Waals surface area (Å²) < 4.78 is 2.16. The van der Waals surface area contributed by atoms with E-state index in [-0.39, 0.29) is 0 Å². The van der Waals surface area contributed by atoms with E-state index in [0.717, 1.165) is 38.2 Å². The third kappa shape index (κ3) is 3.68. The maximum Gasteiger partial charge on any atom is 0.0953 e. The lowest BCUT2D eigenvalue weighted by Crippen LogP contribution is -2.13. The van der Waals surface area contributed by atoms with Crippen LogP contribution in [0.3, 0.4) is 0 Å². The lowest BCUT2D eigenvalue weighted by molar-refractivity contribution is 0.665. The molecule has 0 aliphatic heterocycles. The lowest BCUT2D eigenvalue weighted by Gasteiger charge is -1.99. The first-order chi connectivity index (χ1) is 8.81. The van der Waals surface area contributed by atoms with Crippen molar-refractivity contribution in [1.82, 2.24) is 14.9 Å². The molecule has 0 fully saturated rings. The minimum atomic E-state index is 0.867. The Labute approximate surface area is 113 Å². The first-order valence-corrected chi connectivity index (χ1v) is 7.42. The Morgan fingerprint density at radius 1 is 1.28 bits per heavy atom. The smallest absolute Gasteiger partial charge is 0.0953 e. The van der Waals surface area contributed by atoms with E-state index in [1.807, 2.05) is 17.7 Å². The summed E-state index contributed by atoms with van der Waals surface area (Å²) in [4.78, 5) is 7.27. The number of hydrogen-bond acceptors (Lipinski definition) is 3. The largest absolute Gasteiger partial charge is 0.332 e. The molecule has 0 saturated heterocycles. The summed E-state index contributed by atoms with van der Waals surface area (Å²) in [5.41, 5.74) is 1.12. The van der Waals surface area contributed by atoms with E-state index in [1.54, 1.807) is 0 Å². The van der Waals surface area contributed by atoms with Crippen LogP contribution in [0.15, 0.2) is 24.7 Å². The van der Waals surface area contributed by atoms with Crippen molar-refractivity contribution in [2.75, 3.05) is 6.54 Å². The minimum absolute atomic E-state index is 0.867. The van der Waals surface area contributed by atoms with Gasteiger partial charge in [0.2, 0.25) is 0 Å². The molecule has 4 heteroatoms. The molecule has 0 amide bonds. The van der Waals surface area contributed by atoms with Crippen molar-refractivity contribution in [2.45, 2.75) is 39.8 Å². The fourth-order valence-electron chi connectivity index (χ4n) is 1.85. The summed E-state index contributed by atoms with van der Waals surface area (Å²) in [5.74, 6) is 0. The quantitative estimate of drug-likeness (QED) is 0.778. The maximum atomic E-state index is 4.42. The normalized spacial score (nSPS) is 11.0. The fraction of sp³-hybridized carbons (Fsp3) is 0.500. The first-order valence-electron chi connectivity index (χ1n) is 6.60. The fourth-order valence-corrected chi connectivity index (χ4v) is 2.82. The summed E-state index contributed by atoms with van der Waals surface area (Å²) in [6.07, 6.45) is 6.35. The number of nitrogens with zero attached hydrogens (tertiary/aromatic N) is 2. The van der Waals surface area contributed by atoms with Crippen LogP contribution in [0.2, 0.25) is 0 Å². The zero-order chi connectivity index (χ0) is 12.8. The molecule has 3 nitrogen and oxygen atoms in total. The average molecular weight is 263 g/mol. The zero-order valence-electron chi connectivity index (χ0n) is 11.1. The topological polar surface area (TPSA) is 29.9 Å². The number of thiophene rings is 1. The standard InChI is InChI=1S/C14H21N3S/c1-3-7-15-8-12-9-17(11-16-12)10-14-6-5-13(4-2)18-14/h5-6,9,11,15H,3-4,7-8,10H2,1-2H3. The van der Waals surface area contributed by atoms with Crippen molar-refractivity contribution in [3.8, 4) is 0 Å². The predicted molar refractivity (Wildman–Crippen MR) is 77.0 cm³/mol. The summed E-state index contributed by atoms with van der Waals surface area (Å²) >= 11 is 1.89. The Morgan fingerprint density at radius 2 is 2.11 bits per heavy atom. The molecule has 0 atom stereocenters. The molecule has 98 valence electrons. The summed E-state index contributed by atoms with van der Waals surface area (Å²) in [6.45, 7) is 7.23. The van der Waals surface area contributed by atoms with E-state index in [0.29, 0.717) is 0 Å². The van der Waals surface area contributed by atoms with Gasteiger partial charge >= 0.3 is 0 Å². The average Bonchev–Trinajstić information content (AvgIpc) is 3.00. The molecule has 0 spiro atoms. The molecule has 0 unspecified atom stereocenters. The van der Waals surface area contributed by atoms with E-state index >= 15 is 0 Å². The highest BCUT2D eigenvalue weighted by molar-refractivity contribution is 7.11. The molecule has 0 radical (unpaired) electrons. The van der Waals surface area contributed by atoms with Crippen LogP contribution in [0.4, 0.5) is 0 Å². The highest BCUT2D eigenvalue weighted by Crippen LogP contribution is 2.18. The van der Waals surface area contributed by atoms with Gasteiger partial charge in [-0.2, -0.15) is 0 Å². The molecule has 1 N–H and O–H groups in total. The molecular formula is C14H21N3S. The Balaban J connectivity index is 1.89. The van der Waals surface area contributed by atoms with Gasteiger partial charge in [-0.3, -0.25) is 0 Å². The van der Waals surface area contributed by atoms with E-state index in [4.69, 9.17) is 0 Å². The summed E-state index contributed by atoms with van der Waals surface area (Å²) in [5, 5.41) is 3.37. The number of rotatable bonds is 7. The number of aryl methyl sites for hydroxylation is 1. The van der Waals surface area contributed by atoms with Gasteiger partial charge in [-0.25, -0.2) is 4.98 Å². The molecule has 2 rings (SSSR count). The van der Waals surface area contributed by atoms with Crippen molar-refractivity contribution in [3.63, 3.8) is 0 Å². The molecule has 0 aliphatic carbocycles. The molecule has 2 aromatic heterocycles. The van der Waals surface area contributed by atoms with Crippen molar-refractivity contribution < 1.29 is 0 Å². The van der Waals surface area contributed by atoms with Gasteiger partial charge in [-0.15, -0.1) is 11.3 Å². The molecule has 0 saturated carbocycles. The van der Waals surface area contributed by atoms with Crippen molar-refractivity contribution in [1.29, 1.82) is 0 Å². The highest BCUT2D eigenvalue weighted by Gasteiger charge is 2.02. The SMILES string of the molecule is CCCNCc1cn(Cc2ccc(CC)s2)cn1. The number of imidazole rings is 1. The molecule has 2 aromatic rings. The van der Waals surface area contributed by atoms with Crippen LogP contribution in [-0.4, -0.2) is 16.1 Å². The third-order valence-corrected chi connectivity index (χ3v) is 4.04. The van der Waals surface area contributed by atoms with Gasteiger partial charge in [0.15, 0.2) is 0 Å². The zero-order valence-corrected chi connectivity index (χ0v) is 12.0. The van der Waals surface area contributed by atoms with Gasteiger partial charge in [0.05, 0.1) is 18.6 Å². The Hall–Kier alpha value is -1.13. The lowest BCUT2D eigenvalue weighted by atomic mass is 10.3. The number of hydrogen-bond donors (Lipinski definition) is 1. The second-order valence-corrected chi connectivity index (χ2v) is 5.69. The number of nitrogens with one attached hydrogen (secondary N) is 1. The van der Waals surface area contributed by atoms with Crippen LogP contribution in [0.1, 0.15) is 35.7 Å².